The highest BCUT2D eigenvalue weighted by Crippen LogP contribution is 2.35. The molecular weight excluding hydrogens is 258 g/mol. The van der Waals surface area contributed by atoms with E-state index in [1.54, 1.807) is 0 Å². The molecule has 0 spiro atoms. The number of hydrogen-bond donors (Lipinski definition) is 3. The zero-order valence-corrected chi connectivity index (χ0v) is 11.6. The first-order valence-corrected chi connectivity index (χ1v) is 6.97. The Labute approximate surface area is 124 Å². The second-order valence-corrected chi connectivity index (χ2v) is 5.10. The van der Waals surface area contributed by atoms with Gasteiger partial charge in [-0.3, -0.25) is 0 Å². The molecule has 1 aromatic carbocycles. The van der Waals surface area contributed by atoms with Crippen LogP contribution in [0.2, 0.25) is 0 Å². The summed E-state index contributed by atoms with van der Waals surface area (Å²) in [5.41, 5.74) is 3.95. The van der Waals surface area contributed by atoms with Crippen LogP contribution in [0.1, 0.15) is 5.56 Å². The molecule has 0 saturated heterocycles. The van der Waals surface area contributed by atoms with E-state index in [2.05, 4.69) is 41.8 Å². The third kappa shape index (κ3) is 2.50. The van der Waals surface area contributed by atoms with E-state index < -0.39 is 0 Å². The lowest BCUT2D eigenvalue weighted by atomic mass is 9.89. The summed E-state index contributed by atoms with van der Waals surface area (Å²) < 4.78 is 0. The molecule has 104 valence electrons. The number of hydrogen-bond acceptors (Lipinski definition) is 3. The van der Waals surface area contributed by atoms with Crippen molar-refractivity contribution in [2.45, 2.75) is 6.04 Å². The number of fused-ring (bicyclic) bond motifs is 1. The van der Waals surface area contributed by atoms with Crippen LogP contribution in [0.4, 0.5) is 0 Å². The summed E-state index contributed by atoms with van der Waals surface area (Å²) in [6, 6.07) is 10.4. The van der Waals surface area contributed by atoms with E-state index in [0.717, 1.165) is 16.8 Å². The van der Waals surface area contributed by atoms with Gasteiger partial charge in [-0.15, -0.1) is 0 Å². The molecule has 21 heavy (non-hydrogen) atoms. The van der Waals surface area contributed by atoms with E-state index in [1.165, 1.54) is 12.4 Å². The van der Waals surface area contributed by atoms with Gasteiger partial charge in [-0.25, -0.2) is 0 Å². The van der Waals surface area contributed by atoms with E-state index >= 15 is 0 Å². The summed E-state index contributed by atoms with van der Waals surface area (Å²) in [5.74, 6) is 0.250. The minimum absolute atomic E-state index is 0.245. The zero-order valence-electron chi connectivity index (χ0n) is 11.6. The molecule has 1 aliphatic heterocycles. The van der Waals surface area contributed by atoms with Crippen molar-refractivity contribution in [2.24, 2.45) is 5.92 Å². The molecule has 0 aromatic heterocycles. The fourth-order valence-corrected chi connectivity index (χ4v) is 2.79. The summed E-state index contributed by atoms with van der Waals surface area (Å²) in [7, 11) is 0. The predicted octanol–water partition coefficient (Wildman–Crippen LogP) is 3.34. The minimum atomic E-state index is 0.245. The first-order chi connectivity index (χ1) is 10.3. The van der Waals surface area contributed by atoms with Crippen molar-refractivity contribution in [2.75, 3.05) is 0 Å². The van der Waals surface area contributed by atoms with Gasteiger partial charge in [-0.2, -0.15) is 0 Å². The third-order valence-electron chi connectivity index (χ3n) is 3.81. The highest BCUT2D eigenvalue weighted by Gasteiger charge is 2.31. The monoisotopic (exact) mass is 275 g/mol. The largest absolute Gasteiger partial charge is 0.377 e. The normalized spacial score (nSPS) is 22.5. The van der Waals surface area contributed by atoms with Crippen LogP contribution in [0.3, 0.4) is 0 Å². The van der Waals surface area contributed by atoms with Crippen molar-refractivity contribution in [1.82, 2.24) is 5.32 Å². The molecule has 3 heteroatoms. The van der Waals surface area contributed by atoms with E-state index in [1.807, 2.05) is 24.3 Å². The standard InChI is InChI=1S/C18H17N3/c19-11-13(12-20)10-16-15-8-4-5-9-17(15)21-18(16)14-6-2-1-3-7-14/h1-12,15,17,19-21H. The Balaban J connectivity index is 2.12. The Hall–Kier alpha value is -2.68. The highest BCUT2D eigenvalue weighted by molar-refractivity contribution is 6.02. The molecule has 3 rings (SSSR count). The second kappa shape index (κ2) is 5.75. The van der Waals surface area contributed by atoms with Crippen molar-refractivity contribution in [3.8, 4) is 0 Å². The lowest BCUT2D eigenvalue weighted by Crippen LogP contribution is -2.26. The van der Waals surface area contributed by atoms with Crippen molar-refractivity contribution in [3.63, 3.8) is 0 Å². The lowest BCUT2D eigenvalue weighted by molar-refractivity contribution is 0.642. The maximum absolute atomic E-state index is 7.41. The first-order valence-electron chi connectivity index (χ1n) is 6.97. The quantitative estimate of drug-likeness (QED) is 0.725. The van der Waals surface area contributed by atoms with Crippen molar-refractivity contribution in [3.05, 3.63) is 77.4 Å². The maximum atomic E-state index is 7.41. The number of nitrogens with one attached hydrogen (secondary N) is 3. The summed E-state index contributed by atoms with van der Waals surface area (Å²) in [4.78, 5) is 0. The third-order valence-corrected chi connectivity index (χ3v) is 3.81. The summed E-state index contributed by atoms with van der Waals surface area (Å²) >= 11 is 0. The zero-order chi connectivity index (χ0) is 14.7. The van der Waals surface area contributed by atoms with Crippen molar-refractivity contribution in [1.29, 1.82) is 10.8 Å². The van der Waals surface area contributed by atoms with Crippen molar-refractivity contribution < 1.29 is 0 Å². The van der Waals surface area contributed by atoms with Gasteiger partial charge in [0, 0.05) is 29.6 Å². The van der Waals surface area contributed by atoms with Gasteiger partial charge in [0.25, 0.3) is 0 Å². The van der Waals surface area contributed by atoms with E-state index in [4.69, 9.17) is 10.8 Å². The Morgan fingerprint density at radius 2 is 1.71 bits per heavy atom. The molecule has 2 atom stereocenters. The fourth-order valence-electron chi connectivity index (χ4n) is 2.79. The topological polar surface area (TPSA) is 59.7 Å². The van der Waals surface area contributed by atoms with Gasteiger partial charge >= 0.3 is 0 Å². The molecule has 2 aliphatic rings. The van der Waals surface area contributed by atoms with E-state index in [9.17, 15) is 0 Å². The average Bonchev–Trinajstić information content (AvgIpc) is 2.92. The SMILES string of the molecule is N=CC(C=N)=CC1=C(c2ccccc2)NC2C=CC=CC12. The van der Waals surface area contributed by atoms with Crippen LogP contribution < -0.4 is 5.32 Å². The Morgan fingerprint density at radius 1 is 1.00 bits per heavy atom. The molecule has 0 bridgehead atoms. The molecule has 3 N–H and O–H groups in total. The fraction of sp³-hybridized carbons (Fsp3) is 0.111. The lowest BCUT2D eigenvalue weighted by Gasteiger charge is -2.17. The molecule has 0 fully saturated rings. The van der Waals surface area contributed by atoms with Gasteiger partial charge in [0.05, 0.1) is 6.04 Å². The van der Waals surface area contributed by atoms with Crippen LogP contribution >= 0.6 is 0 Å². The van der Waals surface area contributed by atoms with E-state index in [-0.39, 0.29) is 12.0 Å². The van der Waals surface area contributed by atoms with Gasteiger partial charge in [0.15, 0.2) is 0 Å². The van der Waals surface area contributed by atoms with E-state index in [0.29, 0.717) is 5.57 Å². The number of allylic oxidation sites excluding steroid dienone is 4. The highest BCUT2D eigenvalue weighted by atomic mass is 15.0. The van der Waals surface area contributed by atoms with Crippen molar-refractivity contribution >= 4 is 18.1 Å². The summed E-state index contributed by atoms with van der Waals surface area (Å²) in [6.07, 6.45) is 12.8. The summed E-state index contributed by atoms with van der Waals surface area (Å²) in [6.45, 7) is 0. The Bertz CT molecular complexity index is 668. The first kappa shape index (κ1) is 13.3. The van der Waals surface area contributed by atoms with Gasteiger partial charge in [-0.1, -0.05) is 54.6 Å². The number of rotatable bonds is 4. The van der Waals surface area contributed by atoms with Crippen LogP contribution in [-0.4, -0.2) is 18.5 Å². The molecule has 0 saturated carbocycles. The molecule has 0 amide bonds. The molecule has 1 aromatic rings. The van der Waals surface area contributed by atoms with Crippen LogP contribution in [0, 0.1) is 16.7 Å². The van der Waals surface area contributed by atoms with Gasteiger partial charge in [0.1, 0.15) is 0 Å². The molecular formula is C18H17N3. The minimum Gasteiger partial charge on any atom is -0.377 e. The second-order valence-electron chi connectivity index (χ2n) is 5.10. The van der Waals surface area contributed by atoms with Crippen LogP contribution in [0.5, 0.6) is 0 Å². The smallest absolute Gasteiger partial charge is 0.0552 e. The molecule has 1 heterocycles. The predicted molar refractivity (Wildman–Crippen MR) is 87.7 cm³/mol. The van der Waals surface area contributed by atoms with Gasteiger partial charge in [-0.05, 0) is 17.2 Å². The number of benzene rings is 1. The molecule has 0 radical (unpaired) electrons. The van der Waals surface area contributed by atoms with Crippen LogP contribution in [-0.2, 0) is 0 Å². The molecule has 3 nitrogen and oxygen atoms in total. The Morgan fingerprint density at radius 3 is 2.43 bits per heavy atom. The summed E-state index contributed by atoms with van der Waals surface area (Å²) in [5, 5.41) is 18.4. The van der Waals surface area contributed by atoms with Crippen LogP contribution in [0.15, 0.2) is 71.9 Å². The molecule has 1 aliphatic carbocycles. The average molecular weight is 275 g/mol. The Kier molecular flexibility index (Phi) is 3.65. The maximum Gasteiger partial charge on any atom is 0.0552 e. The molecule has 2 unspecified atom stereocenters. The van der Waals surface area contributed by atoms with Crippen LogP contribution in [0.25, 0.3) is 5.70 Å². The van der Waals surface area contributed by atoms with Gasteiger partial charge in [0.2, 0.25) is 0 Å². The van der Waals surface area contributed by atoms with Gasteiger partial charge < -0.3 is 16.1 Å².